The van der Waals surface area contributed by atoms with E-state index in [1.54, 1.807) is 24.3 Å². The standard InChI is InChI=1S/C26H15BrClNO2/c27-19-8-12-24-22(14-19)23(15-25(29-24)17-5-9-20(28)10-6-17)26(30)31-21-11-7-16-3-1-2-4-18(16)13-21/h1-15H. The van der Waals surface area contributed by atoms with E-state index in [0.717, 1.165) is 26.2 Å². The lowest BCUT2D eigenvalue weighted by molar-refractivity contribution is 0.0737. The van der Waals surface area contributed by atoms with Gasteiger partial charge >= 0.3 is 5.97 Å². The van der Waals surface area contributed by atoms with Gasteiger partial charge in [0.1, 0.15) is 5.75 Å². The third-order valence-electron chi connectivity index (χ3n) is 5.06. The molecule has 0 atom stereocenters. The molecule has 150 valence electrons. The third kappa shape index (κ3) is 4.05. The maximum Gasteiger partial charge on any atom is 0.344 e. The van der Waals surface area contributed by atoms with E-state index in [0.29, 0.717) is 27.5 Å². The van der Waals surface area contributed by atoms with Crippen LogP contribution in [0.3, 0.4) is 0 Å². The average molecular weight is 489 g/mol. The van der Waals surface area contributed by atoms with Gasteiger partial charge in [0, 0.05) is 20.4 Å². The number of fused-ring (bicyclic) bond motifs is 2. The zero-order valence-electron chi connectivity index (χ0n) is 16.2. The van der Waals surface area contributed by atoms with E-state index in [9.17, 15) is 4.79 Å². The molecule has 4 aromatic carbocycles. The minimum absolute atomic E-state index is 0.434. The van der Waals surface area contributed by atoms with Gasteiger partial charge in [0.2, 0.25) is 0 Å². The average Bonchev–Trinajstić information content (AvgIpc) is 2.79. The number of pyridine rings is 1. The predicted molar refractivity (Wildman–Crippen MR) is 129 cm³/mol. The predicted octanol–water partition coefficient (Wildman–Crippen LogP) is 7.69. The third-order valence-corrected chi connectivity index (χ3v) is 5.81. The molecule has 0 N–H and O–H groups in total. The van der Waals surface area contributed by atoms with E-state index in [4.69, 9.17) is 21.3 Å². The number of hydrogen-bond donors (Lipinski definition) is 0. The van der Waals surface area contributed by atoms with Gasteiger partial charge in [-0.1, -0.05) is 70.0 Å². The highest BCUT2D eigenvalue weighted by Gasteiger charge is 2.17. The van der Waals surface area contributed by atoms with Crippen LogP contribution in [0.1, 0.15) is 10.4 Å². The number of rotatable bonds is 3. The van der Waals surface area contributed by atoms with Crippen molar-refractivity contribution in [1.82, 2.24) is 4.98 Å². The highest BCUT2D eigenvalue weighted by Crippen LogP contribution is 2.29. The molecule has 3 nitrogen and oxygen atoms in total. The molecule has 0 saturated heterocycles. The molecule has 31 heavy (non-hydrogen) atoms. The first-order valence-electron chi connectivity index (χ1n) is 9.64. The number of benzene rings is 4. The van der Waals surface area contributed by atoms with Crippen LogP contribution in [0.15, 0.2) is 95.5 Å². The fourth-order valence-corrected chi connectivity index (χ4v) is 4.02. The Bertz CT molecular complexity index is 1450. The monoisotopic (exact) mass is 487 g/mol. The normalized spacial score (nSPS) is 11.0. The SMILES string of the molecule is O=C(Oc1ccc2ccccc2c1)c1cc(-c2ccc(Cl)cc2)nc2ccc(Br)cc12. The van der Waals surface area contributed by atoms with Crippen LogP contribution in [0.4, 0.5) is 0 Å². The van der Waals surface area contributed by atoms with Crippen molar-refractivity contribution in [2.45, 2.75) is 0 Å². The molecule has 0 bridgehead atoms. The van der Waals surface area contributed by atoms with Crippen molar-refractivity contribution in [3.8, 4) is 17.0 Å². The van der Waals surface area contributed by atoms with Crippen molar-refractivity contribution >= 4 is 55.2 Å². The molecule has 0 aliphatic rings. The lowest BCUT2D eigenvalue weighted by atomic mass is 10.0. The number of ether oxygens (including phenoxy) is 1. The minimum atomic E-state index is -0.434. The molecular formula is C26H15BrClNO2. The fraction of sp³-hybridized carbons (Fsp3) is 0. The lowest BCUT2D eigenvalue weighted by Gasteiger charge is -2.11. The summed E-state index contributed by atoms with van der Waals surface area (Å²) in [6.07, 6.45) is 0. The van der Waals surface area contributed by atoms with E-state index in [1.807, 2.05) is 66.7 Å². The smallest absolute Gasteiger partial charge is 0.344 e. The molecular weight excluding hydrogens is 474 g/mol. The van der Waals surface area contributed by atoms with Crippen LogP contribution in [0.5, 0.6) is 5.75 Å². The van der Waals surface area contributed by atoms with Crippen molar-refractivity contribution in [3.05, 3.63) is 106 Å². The van der Waals surface area contributed by atoms with Gasteiger partial charge < -0.3 is 4.74 Å². The first kappa shape index (κ1) is 19.7. The molecule has 5 heteroatoms. The Morgan fingerprint density at radius 3 is 2.42 bits per heavy atom. The second-order valence-corrected chi connectivity index (χ2v) is 8.47. The van der Waals surface area contributed by atoms with Gasteiger partial charge in [-0.05, 0) is 59.3 Å². The number of esters is 1. The number of aromatic nitrogens is 1. The van der Waals surface area contributed by atoms with Crippen LogP contribution >= 0.6 is 27.5 Å². The maximum absolute atomic E-state index is 13.2. The highest BCUT2D eigenvalue weighted by atomic mass is 79.9. The number of nitrogens with zero attached hydrogens (tertiary/aromatic N) is 1. The molecule has 0 amide bonds. The van der Waals surface area contributed by atoms with Gasteiger partial charge in [0.15, 0.2) is 0 Å². The molecule has 0 aliphatic heterocycles. The Morgan fingerprint density at radius 2 is 1.61 bits per heavy atom. The first-order valence-corrected chi connectivity index (χ1v) is 10.8. The number of hydrogen-bond acceptors (Lipinski definition) is 3. The summed E-state index contributed by atoms with van der Waals surface area (Å²) in [5.41, 5.74) is 2.71. The van der Waals surface area contributed by atoms with Gasteiger partial charge in [0.05, 0.1) is 16.8 Å². The molecule has 0 radical (unpaired) electrons. The molecule has 0 aliphatic carbocycles. The summed E-state index contributed by atoms with van der Waals surface area (Å²) in [7, 11) is 0. The van der Waals surface area contributed by atoms with Crippen molar-refractivity contribution in [2.75, 3.05) is 0 Å². The first-order chi connectivity index (χ1) is 15.1. The number of carbonyl (C=O) groups excluding carboxylic acids is 1. The Morgan fingerprint density at radius 1 is 0.839 bits per heavy atom. The lowest BCUT2D eigenvalue weighted by Crippen LogP contribution is -2.10. The molecule has 0 unspecified atom stereocenters. The van der Waals surface area contributed by atoms with Crippen LogP contribution in [0.25, 0.3) is 32.9 Å². The zero-order chi connectivity index (χ0) is 21.4. The highest BCUT2D eigenvalue weighted by molar-refractivity contribution is 9.10. The van der Waals surface area contributed by atoms with Gasteiger partial charge in [-0.3, -0.25) is 0 Å². The molecule has 0 fully saturated rings. The van der Waals surface area contributed by atoms with Crippen LogP contribution in [-0.4, -0.2) is 11.0 Å². The Hall–Kier alpha value is -3.21. The molecule has 5 rings (SSSR count). The van der Waals surface area contributed by atoms with Crippen molar-refractivity contribution < 1.29 is 9.53 Å². The van der Waals surface area contributed by atoms with Crippen LogP contribution in [0, 0.1) is 0 Å². The molecule has 0 saturated carbocycles. The van der Waals surface area contributed by atoms with Crippen LogP contribution < -0.4 is 4.74 Å². The molecule has 0 spiro atoms. The van der Waals surface area contributed by atoms with Gasteiger partial charge in [-0.25, -0.2) is 9.78 Å². The van der Waals surface area contributed by atoms with E-state index >= 15 is 0 Å². The van der Waals surface area contributed by atoms with E-state index < -0.39 is 5.97 Å². The molecule has 1 heterocycles. The van der Waals surface area contributed by atoms with Crippen molar-refractivity contribution in [3.63, 3.8) is 0 Å². The summed E-state index contributed by atoms with van der Waals surface area (Å²) in [6, 6.07) is 28.4. The second kappa shape index (κ2) is 8.14. The van der Waals surface area contributed by atoms with E-state index in [2.05, 4.69) is 15.9 Å². The fourth-order valence-electron chi connectivity index (χ4n) is 3.53. The summed E-state index contributed by atoms with van der Waals surface area (Å²) in [6.45, 7) is 0. The van der Waals surface area contributed by atoms with Gasteiger partial charge in [0.25, 0.3) is 0 Å². The molecule has 1 aromatic heterocycles. The van der Waals surface area contributed by atoms with Gasteiger partial charge in [-0.2, -0.15) is 0 Å². The topological polar surface area (TPSA) is 39.2 Å². The van der Waals surface area contributed by atoms with Crippen LogP contribution in [0.2, 0.25) is 5.02 Å². The number of halogens is 2. The maximum atomic E-state index is 13.2. The second-order valence-electron chi connectivity index (χ2n) is 7.12. The summed E-state index contributed by atoms with van der Waals surface area (Å²) in [5.74, 6) is 0.0627. The summed E-state index contributed by atoms with van der Waals surface area (Å²) in [4.78, 5) is 18.0. The largest absolute Gasteiger partial charge is 0.423 e. The van der Waals surface area contributed by atoms with Crippen LogP contribution in [-0.2, 0) is 0 Å². The van der Waals surface area contributed by atoms with Crippen molar-refractivity contribution in [2.24, 2.45) is 0 Å². The van der Waals surface area contributed by atoms with E-state index in [-0.39, 0.29) is 0 Å². The Kier molecular flexibility index (Phi) is 5.18. The summed E-state index contributed by atoms with van der Waals surface area (Å²) >= 11 is 9.51. The quantitative estimate of drug-likeness (QED) is 0.193. The van der Waals surface area contributed by atoms with Gasteiger partial charge in [-0.15, -0.1) is 0 Å². The molecule has 5 aromatic rings. The van der Waals surface area contributed by atoms with Crippen molar-refractivity contribution in [1.29, 1.82) is 0 Å². The summed E-state index contributed by atoms with van der Waals surface area (Å²) < 4.78 is 6.63. The summed E-state index contributed by atoms with van der Waals surface area (Å²) in [5, 5.41) is 3.46. The van der Waals surface area contributed by atoms with E-state index in [1.165, 1.54) is 0 Å². The minimum Gasteiger partial charge on any atom is -0.423 e. The number of carbonyl (C=O) groups is 1. The Balaban J connectivity index is 1.59. The zero-order valence-corrected chi connectivity index (χ0v) is 18.5. The Labute approximate surface area is 192 Å².